The maximum Gasteiger partial charge on any atom is 0.351 e. The molecule has 2 aromatic rings. The Morgan fingerprint density at radius 2 is 1.90 bits per heavy atom. The van der Waals surface area contributed by atoms with Gasteiger partial charge >= 0.3 is 17.6 Å². The third-order valence-corrected chi connectivity index (χ3v) is 6.23. The Kier molecular flexibility index (Phi) is 4.10. The van der Waals surface area contributed by atoms with Crippen molar-refractivity contribution in [2.45, 2.75) is 63.3 Å². The van der Waals surface area contributed by atoms with E-state index in [0.717, 1.165) is 4.57 Å². The highest BCUT2D eigenvalue weighted by molar-refractivity contribution is 5.69. The van der Waals surface area contributed by atoms with E-state index in [1.165, 1.54) is 37.4 Å². The highest BCUT2D eigenvalue weighted by Gasteiger charge is 2.83. The number of fused-ring (bicyclic) bond motifs is 3. The first-order chi connectivity index (χ1) is 14.7. The summed E-state index contributed by atoms with van der Waals surface area (Å²) in [7, 11) is 0. The fourth-order valence-corrected chi connectivity index (χ4v) is 5.10. The number of hydrogen-bond acceptors (Lipinski definition) is 9. The minimum absolute atomic E-state index is 0.139. The van der Waals surface area contributed by atoms with Gasteiger partial charge in [0.2, 0.25) is 0 Å². The monoisotopic (exact) mass is 433 g/mol. The topological polar surface area (TPSA) is 127 Å². The summed E-state index contributed by atoms with van der Waals surface area (Å²) in [6, 6.07) is 0. The van der Waals surface area contributed by atoms with E-state index in [0.29, 0.717) is 12.0 Å². The van der Waals surface area contributed by atoms with E-state index < -0.39 is 47.3 Å². The van der Waals surface area contributed by atoms with Crippen molar-refractivity contribution in [2.24, 2.45) is 5.92 Å². The van der Waals surface area contributed by atoms with Crippen LogP contribution >= 0.6 is 0 Å². The van der Waals surface area contributed by atoms with Gasteiger partial charge in [0.15, 0.2) is 23.8 Å². The molecule has 1 saturated heterocycles. The number of hydrogen-bond donors (Lipinski definition) is 0. The Balaban J connectivity index is 1.55. The summed E-state index contributed by atoms with van der Waals surface area (Å²) in [4.78, 5) is 44.1. The molecule has 0 unspecified atom stereocenters. The van der Waals surface area contributed by atoms with Gasteiger partial charge in [-0.1, -0.05) is 0 Å². The minimum atomic E-state index is -1.86. The number of alkyl halides is 1. The Hall–Kier alpha value is -3.15. The number of ether oxygens (including phenoxy) is 3. The van der Waals surface area contributed by atoms with E-state index >= 15 is 4.39 Å². The zero-order valence-electron chi connectivity index (χ0n) is 17.0. The lowest BCUT2D eigenvalue weighted by Crippen LogP contribution is -2.51. The van der Waals surface area contributed by atoms with E-state index in [1.807, 2.05) is 0 Å². The molecule has 2 aliphatic carbocycles. The average Bonchev–Trinajstić information content (AvgIpc) is 3.02. The summed E-state index contributed by atoms with van der Waals surface area (Å²) < 4.78 is 35.2. The van der Waals surface area contributed by atoms with E-state index in [2.05, 4.69) is 15.1 Å². The molecule has 3 fully saturated rings. The van der Waals surface area contributed by atoms with Gasteiger partial charge in [-0.25, -0.2) is 18.9 Å². The maximum atomic E-state index is 15.9. The quantitative estimate of drug-likeness (QED) is 0.629. The van der Waals surface area contributed by atoms with Gasteiger partial charge in [0.1, 0.15) is 24.4 Å². The van der Waals surface area contributed by atoms with Crippen LogP contribution in [0, 0.1) is 12.8 Å². The average molecular weight is 433 g/mol. The van der Waals surface area contributed by atoms with E-state index in [9.17, 15) is 14.4 Å². The molecular weight excluding hydrogens is 413 g/mol. The Morgan fingerprint density at radius 1 is 1.23 bits per heavy atom. The number of aromatic nitrogens is 5. The van der Waals surface area contributed by atoms with Crippen molar-refractivity contribution in [1.82, 2.24) is 24.3 Å². The molecule has 0 aromatic carbocycles. The van der Waals surface area contributed by atoms with E-state index in [4.69, 9.17) is 14.2 Å². The summed E-state index contributed by atoms with van der Waals surface area (Å²) >= 11 is 0. The van der Waals surface area contributed by atoms with Gasteiger partial charge in [-0.2, -0.15) is 10.1 Å². The predicted molar refractivity (Wildman–Crippen MR) is 98.7 cm³/mol. The maximum absolute atomic E-state index is 15.9. The van der Waals surface area contributed by atoms with Crippen LogP contribution in [0.2, 0.25) is 0 Å². The molecule has 0 amide bonds. The molecule has 31 heavy (non-hydrogen) atoms. The van der Waals surface area contributed by atoms with Crippen molar-refractivity contribution in [3.8, 4) is 5.82 Å². The summed E-state index contributed by atoms with van der Waals surface area (Å²) in [5, 5.41) is 3.96. The van der Waals surface area contributed by atoms with Gasteiger partial charge in [-0.3, -0.25) is 14.2 Å². The standard InChI is InChI=1S/C19H20FN5O6/c1-9-6-24(17(28)23-14(9)25-8-21-7-22-25)15-13(20)19(31-11(3)27)5-12-4-18(12,16(19)29-15)30-10(2)26/h6-8,12-13,15-16H,4-5H2,1-3H3/t12-,13-,15+,16+,18+,19-/m0/s1. The van der Waals surface area contributed by atoms with Gasteiger partial charge < -0.3 is 14.2 Å². The molecule has 164 valence electrons. The van der Waals surface area contributed by atoms with Crippen molar-refractivity contribution in [2.75, 3.05) is 0 Å². The Morgan fingerprint density at radius 3 is 2.55 bits per heavy atom. The molecule has 12 heteroatoms. The number of aryl methyl sites for hydroxylation is 1. The first-order valence-corrected chi connectivity index (χ1v) is 9.81. The lowest BCUT2D eigenvalue weighted by Gasteiger charge is -2.33. The second kappa shape index (κ2) is 6.42. The molecule has 0 N–H and O–H groups in total. The van der Waals surface area contributed by atoms with Crippen molar-refractivity contribution >= 4 is 11.9 Å². The van der Waals surface area contributed by atoms with Crippen molar-refractivity contribution in [1.29, 1.82) is 0 Å². The second-order valence-corrected chi connectivity index (χ2v) is 8.29. The zero-order chi connectivity index (χ0) is 22.1. The summed E-state index contributed by atoms with van der Waals surface area (Å²) in [5.74, 6) is -1.14. The fourth-order valence-electron chi connectivity index (χ4n) is 5.10. The highest BCUT2D eigenvalue weighted by atomic mass is 19.1. The second-order valence-electron chi connectivity index (χ2n) is 8.29. The molecule has 0 radical (unpaired) electrons. The first-order valence-electron chi connectivity index (χ1n) is 9.81. The molecule has 2 saturated carbocycles. The first kappa shape index (κ1) is 19.8. The van der Waals surface area contributed by atoms with Crippen molar-refractivity contribution in [3.05, 3.63) is 34.9 Å². The third-order valence-electron chi connectivity index (χ3n) is 6.23. The largest absolute Gasteiger partial charge is 0.456 e. The number of nitrogens with zero attached hydrogens (tertiary/aromatic N) is 5. The number of carbonyl (C=O) groups excluding carboxylic acids is 2. The molecule has 0 spiro atoms. The Labute approximate surface area is 175 Å². The molecule has 11 nitrogen and oxygen atoms in total. The van der Waals surface area contributed by atoms with Crippen LogP contribution in [0.3, 0.4) is 0 Å². The summed E-state index contributed by atoms with van der Waals surface area (Å²) in [5.41, 5.74) is -2.95. The Bertz CT molecular complexity index is 1140. The smallest absolute Gasteiger partial charge is 0.351 e. The van der Waals surface area contributed by atoms with E-state index in [-0.39, 0.29) is 18.2 Å². The third kappa shape index (κ3) is 2.74. The number of carbonyl (C=O) groups is 2. The summed E-state index contributed by atoms with van der Waals surface area (Å²) in [6.45, 7) is 4.12. The zero-order valence-corrected chi connectivity index (χ0v) is 17.0. The molecule has 5 rings (SSSR count). The molecule has 2 aromatic heterocycles. The summed E-state index contributed by atoms with van der Waals surface area (Å²) in [6.07, 6.45) is 0.431. The highest BCUT2D eigenvalue weighted by Crippen LogP contribution is 2.68. The number of esters is 2. The van der Waals surface area contributed by atoms with Crippen LogP contribution < -0.4 is 5.69 Å². The van der Waals surface area contributed by atoms with Crippen molar-refractivity contribution in [3.63, 3.8) is 0 Å². The lowest BCUT2D eigenvalue weighted by atomic mass is 9.90. The van der Waals surface area contributed by atoms with Gasteiger partial charge in [-0.15, -0.1) is 0 Å². The molecule has 3 heterocycles. The predicted octanol–water partition coefficient (Wildman–Crippen LogP) is 0.395. The van der Waals surface area contributed by atoms with Crippen LogP contribution in [0.25, 0.3) is 5.82 Å². The van der Waals surface area contributed by atoms with Gasteiger partial charge in [0.25, 0.3) is 0 Å². The molecule has 3 aliphatic rings. The number of halogens is 1. The minimum Gasteiger partial charge on any atom is -0.456 e. The lowest BCUT2D eigenvalue weighted by molar-refractivity contribution is -0.180. The van der Waals surface area contributed by atoms with Crippen LogP contribution in [-0.4, -0.2) is 59.7 Å². The van der Waals surface area contributed by atoms with Crippen LogP contribution in [0.5, 0.6) is 0 Å². The van der Waals surface area contributed by atoms with Crippen LogP contribution in [0.15, 0.2) is 23.6 Å². The van der Waals surface area contributed by atoms with E-state index in [1.54, 1.807) is 6.92 Å². The normalized spacial score (nSPS) is 35.4. The van der Waals surface area contributed by atoms with Crippen LogP contribution in [0.4, 0.5) is 4.39 Å². The fraction of sp³-hybridized carbons (Fsp3) is 0.579. The van der Waals surface area contributed by atoms with Gasteiger partial charge in [-0.05, 0) is 19.8 Å². The van der Waals surface area contributed by atoms with Crippen molar-refractivity contribution < 1.29 is 28.2 Å². The molecule has 6 atom stereocenters. The molecule has 0 bridgehead atoms. The van der Waals surface area contributed by atoms with Crippen LogP contribution in [0.1, 0.15) is 38.5 Å². The molecule has 1 aliphatic heterocycles. The van der Waals surface area contributed by atoms with Gasteiger partial charge in [0, 0.05) is 31.5 Å². The molecular formula is C19H20FN5O6. The van der Waals surface area contributed by atoms with Gasteiger partial charge in [0.05, 0.1) is 0 Å². The van der Waals surface area contributed by atoms with Crippen LogP contribution in [-0.2, 0) is 23.8 Å². The SMILES string of the molecule is CC(=O)O[C@]12C[C@H]1C[C@@]1(OC(C)=O)[C@@H]2O[C@@H](n2cc(C)c(-n3cncn3)nc2=O)[C@@H]1F. The number of rotatable bonds is 4.